The lowest BCUT2D eigenvalue weighted by Crippen LogP contribution is -2.04. The highest BCUT2D eigenvalue weighted by Gasteiger charge is 2.04. The number of aromatic nitrogens is 2. The number of anilines is 2. The van der Waals surface area contributed by atoms with Crippen LogP contribution in [0.3, 0.4) is 0 Å². The zero-order valence-corrected chi connectivity index (χ0v) is 10.1. The fourth-order valence-electron chi connectivity index (χ4n) is 1.67. The molecule has 0 amide bonds. The van der Waals surface area contributed by atoms with E-state index in [1.165, 1.54) is 0 Å². The van der Waals surface area contributed by atoms with E-state index in [-0.39, 0.29) is 0 Å². The fourth-order valence-corrected chi connectivity index (χ4v) is 1.67. The number of nitrogens with two attached hydrogens (primary N) is 1. The minimum Gasteiger partial charge on any atom is -0.353 e. The first-order valence-electron chi connectivity index (χ1n) is 5.56. The van der Waals surface area contributed by atoms with E-state index in [2.05, 4.69) is 15.3 Å². The molecule has 1 aromatic heterocycles. The number of aryl methyl sites for hydroxylation is 2. The monoisotopic (exact) mass is 228 g/mol. The Kier molecular flexibility index (Phi) is 3.35. The van der Waals surface area contributed by atoms with Gasteiger partial charge in [-0.25, -0.2) is 9.97 Å². The van der Waals surface area contributed by atoms with Gasteiger partial charge in [-0.1, -0.05) is 18.2 Å². The van der Waals surface area contributed by atoms with Crippen molar-refractivity contribution in [3.05, 3.63) is 47.5 Å². The summed E-state index contributed by atoms with van der Waals surface area (Å²) in [4.78, 5) is 8.51. The molecule has 4 heteroatoms. The molecule has 0 aliphatic rings. The summed E-state index contributed by atoms with van der Waals surface area (Å²) in [5.74, 6) is 0.778. The van der Waals surface area contributed by atoms with Crippen molar-refractivity contribution >= 4 is 11.4 Å². The molecular weight excluding hydrogens is 212 g/mol. The van der Waals surface area contributed by atoms with Crippen LogP contribution in [0.15, 0.2) is 30.5 Å². The lowest BCUT2D eigenvalue weighted by atomic mass is 10.1. The zero-order valence-electron chi connectivity index (χ0n) is 10.1. The van der Waals surface area contributed by atoms with Gasteiger partial charge in [0.05, 0.1) is 17.6 Å². The van der Waals surface area contributed by atoms with E-state index in [1.807, 2.05) is 38.1 Å². The van der Waals surface area contributed by atoms with Crippen LogP contribution in [0.5, 0.6) is 0 Å². The van der Waals surface area contributed by atoms with E-state index in [0.29, 0.717) is 6.54 Å². The van der Waals surface area contributed by atoms with Gasteiger partial charge in [0.15, 0.2) is 0 Å². The van der Waals surface area contributed by atoms with Crippen LogP contribution in [0.25, 0.3) is 0 Å². The van der Waals surface area contributed by atoms with E-state index in [4.69, 9.17) is 5.73 Å². The molecule has 17 heavy (non-hydrogen) atoms. The van der Waals surface area contributed by atoms with Gasteiger partial charge in [-0.05, 0) is 25.5 Å². The second-order valence-corrected chi connectivity index (χ2v) is 3.90. The third-order valence-corrected chi connectivity index (χ3v) is 2.61. The molecule has 0 spiro atoms. The minimum atomic E-state index is 0.509. The molecule has 0 radical (unpaired) electrons. The summed E-state index contributed by atoms with van der Waals surface area (Å²) in [7, 11) is 0. The van der Waals surface area contributed by atoms with Crippen molar-refractivity contribution in [2.45, 2.75) is 20.4 Å². The van der Waals surface area contributed by atoms with Crippen molar-refractivity contribution in [1.82, 2.24) is 9.97 Å². The summed E-state index contributed by atoms with van der Waals surface area (Å²) in [5.41, 5.74) is 9.62. The Morgan fingerprint density at radius 2 is 1.94 bits per heavy atom. The van der Waals surface area contributed by atoms with E-state index in [0.717, 1.165) is 28.5 Å². The summed E-state index contributed by atoms with van der Waals surface area (Å²) >= 11 is 0. The van der Waals surface area contributed by atoms with Crippen molar-refractivity contribution in [2.24, 2.45) is 5.73 Å². The molecule has 0 aliphatic carbocycles. The second kappa shape index (κ2) is 4.93. The normalized spacial score (nSPS) is 10.3. The van der Waals surface area contributed by atoms with E-state index >= 15 is 0 Å². The Morgan fingerprint density at radius 3 is 2.65 bits per heavy atom. The van der Waals surface area contributed by atoms with Crippen LogP contribution in [0.1, 0.15) is 17.1 Å². The van der Waals surface area contributed by atoms with Crippen LogP contribution < -0.4 is 11.1 Å². The van der Waals surface area contributed by atoms with Crippen LogP contribution in [0.4, 0.5) is 11.4 Å². The van der Waals surface area contributed by atoms with Gasteiger partial charge >= 0.3 is 0 Å². The molecule has 1 aromatic carbocycles. The summed E-state index contributed by atoms with van der Waals surface area (Å²) < 4.78 is 0. The number of para-hydroxylation sites is 1. The number of benzene rings is 1. The van der Waals surface area contributed by atoms with Gasteiger partial charge in [-0.3, -0.25) is 0 Å². The Hall–Kier alpha value is -1.94. The van der Waals surface area contributed by atoms with Crippen molar-refractivity contribution in [1.29, 1.82) is 0 Å². The highest BCUT2D eigenvalue weighted by Crippen LogP contribution is 2.21. The van der Waals surface area contributed by atoms with E-state index in [1.54, 1.807) is 6.20 Å². The summed E-state index contributed by atoms with van der Waals surface area (Å²) in [6.45, 7) is 4.35. The van der Waals surface area contributed by atoms with Gasteiger partial charge in [0.2, 0.25) is 0 Å². The molecule has 1 heterocycles. The minimum absolute atomic E-state index is 0.509. The molecule has 2 rings (SSSR count). The van der Waals surface area contributed by atoms with E-state index in [9.17, 15) is 0 Å². The van der Waals surface area contributed by atoms with Gasteiger partial charge in [0.1, 0.15) is 5.82 Å². The van der Waals surface area contributed by atoms with Gasteiger partial charge in [-0.2, -0.15) is 0 Å². The van der Waals surface area contributed by atoms with Crippen LogP contribution in [-0.2, 0) is 6.54 Å². The Morgan fingerprint density at radius 1 is 1.18 bits per heavy atom. The third-order valence-electron chi connectivity index (χ3n) is 2.61. The topological polar surface area (TPSA) is 63.8 Å². The molecule has 0 saturated carbocycles. The molecule has 0 fully saturated rings. The number of nitrogens with one attached hydrogen (secondary N) is 1. The lowest BCUT2D eigenvalue weighted by molar-refractivity contribution is 1.01. The molecule has 4 nitrogen and oxygen atoms in total. The van der Waals surface area contributed by atoms with Crippen molar-refractivity contribution < 1.29 is 0 Å². The molecule has 88 valence electrons. The van der Waals surface area contributed by atoms with Crippen LogP contribution >= 0.6 is 0 Å². The predicted molar refractivity (Wildman–Crippen MR) is 69.1 cm³/mol. The molecule has 0 atom stereocenters. The summed E-state index contributed by atoms with van der Waals surface area (Å²) in [6, 6.07) is 7.96. The van der Waals surface area contributed by atoms with Gasteiger partial charge < -0.3 is 11.1 Å². The molecule has 0 aliphatic heterocycles. The predicted octanol–water partition coefficient (Wildman–Crippen LogP) is 2.30. The van der Waals surface area contributed by atoms with Crippen LogP contribution in [0.2, 0.25) is 0 Å². The average molecular weight is 228 g/mol. The number of nitrogens with zero attached hydrogens (tertiary/aromatic N) is 2. The average Bonchev–Trinajstić information content (AvgIpc) is 2.33. The molecule has 2 aromatic rings. The SMILES string of the molecule is Cc1ncc(Nc2ccccc2CN)c(C)n1. The summed E-state index contributed by atoms with van der Waals surface area (Å²) in [6.07, 6.45) is 1.80. The van der Waals surface area contributed by atoms with Crippen molar-refractivity contribution in [2.75, 3.05) is 5.32 Å². The standard InChI is InChI=1S/C13H16N4/c1-9-13(8-15-10(2)16-9)17-12-6-4-3-5-11(12)7-14/h3-6,8,17H,7,14H2,1-2H3. The van der Waals surface area contributed by atoms with Crippen molar-refractivity contribution in [3.63, 3.8) is 0 Å². The smallest absolute Gasteiger partial charge is 0.125 e. The number of rotatable bonds is 3. The highest BCUT2D eigenvalue weighted by atomic mass is 15.0. The van der Waals surface area contributed by atoms with Gasteiger partial charge in [0.25, 0.3) is 0 Å². The fraction of sp³-hybridized carbons (Fsp3) is 0.231. The molecule has 0 saturated heterocycles. The first kappa shape index (κ1) is 11.5. The second-order valence-electron chi connectivity index (χ2n) is 3.90. The molecule has 0 unspecified atom stereocenters. The van der Waals surface area contributed by atoms with Gasteiger partial charge in [-0.15, -0.1) is 0 Å². The van der Waals surface area contributed by atoms with Crippen LogP contribution in [0, 0.1) is 13.8 Å². The largest absolute Gasteiger partial charge is 0.353 e. The van der Waals surface area contributed by atoms with Crippen LogP contribution in [-0.4, -0.2) is 9.97 Å². The lowest BCUT2D eigenvalue weighted by Gasteiger charge is -2.12. The Balaban J connectivity index is 2.31. The zero-order chi connectivity index (χ0) is 12.3. The Labute approximate surface area is 101 Å². The number of hydrogen-bond acceptors (Lipinski definition) is 4. The third kappa shape index (κ3) is 2.60. The first-order chi connectivity index (χ1) is 8.20. The molecule has 0 bridgehead atoms. The maximum atomic E-state index is 5.70. The molecular formula is C13H16N4. The van der Waals surface area contributed by atoms with E-state index < -0.39 is 0 Å². The summed E-state index contributed by atoms with van der Waals surface area (Å²) in [5, 5.41) is 3.31. The maximum Gasteiger partial charge on any atom is 0.125 e. The van der Waals surface area contributed by atoms with Gasteiger partial charge in [0, 0.05) is 12.2 Å². The molecule has 3 N–H and O–H groups in total. The maximum absolute atomic E-state index is 5.70. The number of hydrogen-bond donors (Lipinski definition) is 2. The Bertz CT molecular complexity index is 523. The quantitative estimate of drug-likeness (QED) is 0.846. The first-order valence-corrected chi connectivity index (χ1v) is 5.56. The van der Waals surface area contributed by atoms with Crippen molar-refractivity contribution in [3.8, 4) is 0 Å². The highest BCUT2D eigenvalue weighted by molar-refractivity contribution is 5.63.